The molecule has 0 saturated carbocycles. The molecule has 0 aliphatic carbocycles. The van der Waals surface area contributed by atoms with Crippen LogP contribution in [0.25, 0.3) is 0 Å². The molecular weight excluding hydrogens is 488 g/mol. The fraction of sp³-hybridized carbons (Fsp3) is 0.235. The Morgan fingerprint density at radius 1 is 0.667 bits per heavy atom. The Morgan fingerprint density at radius 3 is 1.95 bits per heavy atom. The van der Waals surface area contributed by atoms with E-state index < -0.39 is 0 Å². The van der Waals surface area contributed by atoms with Crippen LogP contribution in [-0.4, -0.2) is 21.0 Å². The zero-order chi connectivity index (χ0) is 27.3. The number of ether oxygens (including phenoxy) is 5. The van der Waals surface area contributed by atoms with Crippen LogP contribution in [0.4, 0.5) is 0 Å². The lowest BCUT2D eigenvalue weighted by molar-refractivity contribution is 0.0501. The Labute approximate surface area is 231 Å². The number of hydrogen-bond donors (Lipinski definition) is 0. The predicted molar refractivity (Wildman–Crippen MR) is 155 cm³/mol. The summed E-state index contributed by atoms with van der Waals surface area (Å²) in [6.45, 7) is 3.14. The van der Waals surface area contributed by atoms with Gasteiger partial charge in [0.05, 0.1) is 7.11 Å². The van der Waals surface area contributed by atoms with Crippen LogP contribution in [0, 0.1) is 0 Å². The molecule has 0 unspecified atom stereocenters. The van der Waals surface area contributed by atoms with E-state index in [1.807, 2.05) is 67.6 Å². The molecule has 0 radical (unpaired) electrons. The summed E-state index contributed by atoms with van der Waals surface area (Å²) < 4.78 is 29.1. The van der Waals surface area contributed by atoms with E-state index in [1.54, 1.807) is 14.2 Å². The second-order valence-corrected chi connectivity index (χ2v) is 9.11. The van der Waals surface area contributed by atoms with Crippen molar-refractivity contribution < 1.29 is 23.7 Å². The molecule has 39 heavy (non-hydrogen) atoms. The van der Waals surface area contributed by atoms with E-state index >= 15 is 0 Å². The van der Waals surface area contributed by atoms with Crippen molar-refractivity contribution in [3.05, 3.63) is 131 Å². The molecule has 0 bridgehead atoms. The molecule has 0 amide bonds. The van der Waals surface area contributed by atoms with Gasteiger partial charge in [-0.2, -0.15) is 0 Å². The van der Waals surface area contributed by atoms with E-state index in [2.05, 4.69) is 48.6 Å². The van der Waals surface area contributed by atoms with Crippen molar-refractivity contribution in [2.24, 2.45) is 0 Å². The first-order valence-corrected chi connectivity index (χ1v) is 13.1. The molecule has 5 nitrogen and oxygen atoms in total. The van der Waals surface area contributed by atoms with Gasteiger partial charge < -0.3 is 23.7 Å². The number of benzene rings is 4. The minimum atomic E-state index is 0.0444. The van der Waals surface area contributed by atoms with Gasteiger partial charge in [-0.05, 0) is 42.2 Å². The maximum atomic E-state index is 6.39. The van der Waals surface area contributed by atoms with E-state index in [0.29, 0.717) is 19.6 Å². The largest absolute Gasteiger partial charge is 0.497 e. The van der Waals surface area contributed by atoms with Crippen LogP contribution >= 0.6 is 0 Å². The molecule has 0 aliphatic rings. The van der Waals surface area contributed by atoms with Gasteiger partial charge in [0, 0.05) is 30.7 Å². The van der Waals surface area contributed by atoms with Gasteiger partial charge in [-0.1, -0.05) is 84.9 Å². The molecule has 0 heterocycles. The molecule has 0 N–H and O–H groups in total. The zero-order valence-electron chi connectivity index (χ0n) is 22.8. The number of hydrogen-bond acceptors (Lipinski definition) is 5. The second kappa shape index (κ2) is 14.6. The predicted octanol–water partition coefficient (Wildman–Crippen LogP) is 7.74. The first-order chi connectivity index (χ1) is 19.2. The molecule has 0 aliphatic heterocycles. The Hall–Kier alpha value is -4.22. The third kappa shape index (κ3) is 8.13. The Morgan fingerprint density at radius 2 is 1.31 bits per heavy atom. The lowest BCUT2D eigenvalue weighted by Crippen LogP contribution is -2.08. The van der Waals surface area contributed by atoms with Gasteiger partial charge in [0.2, 0.25) is 0 Å². The number of methoxy groups -OCH3 is 2. The molecule has 0 saturated heterocycles. The summed E-state index contributed by atoms with van der Waals surface area (Å²) in [5, 5.41) is 0. The van der Waals surface area contributed by atoms with Crippen LogP contribution < -0.4 is 18.9 Å². The van der Waals surface area contributed by atoms with Gasteiger partial charge in [-0.3, -0.25) is 0 Å². The molecule has 0 spiro atoms. The average molecular weight is 525 g/mol. The van der Waals surface area contributed by atoms with Crippen LogP contribution in [0.1, 0.15) is 35.1 Å². The smallest absolute Gasteiger partial charge is 0.188 e. The minimum absolute atomic E-state index is 0.0444. The van der Waals surface area contributed by atoms with Crippen LogP contribution in [0.15, 0.2) is 109 Å². The van der Waals surface area contributed by atoms with Crippen molar-refractivity contribution in [2.75, 3.05) is 21.0 Å². The van der Waals surface area contributed by atoms with E-state index in [0.717, 1.165) is 45.3 Å². The fourth-order valence-corrected chi connectivity index (χ4v) is 4.35. The lowest BCUT2D eigenvalue weighted by Gasteiger charge is -2.21. The average Bonchev–Trinajstić information content (AvgIpc) is 2.99. The third-order valence-corrected chi connectivity index (χ3v) is 6.34. The van der Waals surface area contributed by atoms with Crippen LogP contribution in [-0.2, 0) is 24.4 Å². The number of rotatable bonds is 14. The van der Waals surface area contributed by atoms with Crippen molar-refractivity contribution in [3.8, 4) is 23.0 Å². The highest BCUT2D eigenvalue weighted by Gasteiger charge is 2.19. The summed E-state index contributed by atoms with van der Waals surface area (Å²) in [6, 6.07) is 32.3. The lowest BCUT2D eigenvalue weighted by atomic mass is 9.90. The van der Waals surface area contributed by atoms with Gasteiger partial charge in [0.25, 0.3) is 0 Å². The Bertz CT molecular complexity index is 1320. The monoisotopic (exact) mass is 524 g/mol. The Kier molecular flexibility index (Phi) is 10.4. The summed E-state index contributed by atoms with van der Waals surface area (Å²) in [6.07, 6.45) is 4.96. The standard InChI is InChI=1S/C34H36O5/c1-4-11-28(32-19-18-30(36-3)21-34(32)39-25-35-2)20-29-16-17-31(37-23-26-12-7-5-8-13-26)22-33(29)38-24-27-14-9-6-10-15-27/h4-19,21-22,28H,20,23-25H2,1-3H3/b11-4-/t28-/m1/s1. The van der Waals surface area contributed by atoms with E-state index in [-0.39, 0.29) is 12.7 Å². The van der Waals surface area contributed by atoms with E-state index in [9.17, 15) is 0 Å². The summed E-state index contributed by atoms with van der Waals surface area (Å²) in [7, 11) is 3.26. The summed E-state index contributed by atoms with van der Waals surface area (Å²) >= 11 is 0. The van der Waals surface area contributed by atoms with Gasteiger partial charge in [-0.15, -0.1) is 0 Å². The van der Waals surface area contributed by atoms with Crippen LogP contribution in [0.2, 0.25) is 0 Å². The van der Waals surface area contributed by atoms with Crippen molar-refractivity contribution in [1.82, 2.24) is 0 Å². The van der Waals surface area contributed by atoms with E-state index in [1.165, 1.54) is 0 Å². The van der Waals surface area contributed by atoms with E-state index in [4.69, 9.17) is 23.7 Å². The molecule has 1 atom stereocenters. The number of allylic oxidation sites excluding steroid dienone is 2. The first kappa shape index (κ1) is 27.8. The van der Waals surface area contributed by atoms with Crippen molar-refractivity contribution in [3.63, 3.8) is 0 Å². The van der Waals surface area contributed by atoms with Gasteiger partial charge in [0.15, 0.2) is 6.79 Å². The minimum Gasteiger partial charge on any atom is -0.497 e. The van der Waals surface area contributed by atoms with Crippen LogP contribution in [0.5, 0.6) is 23.0 Å². The quantitative estimate of drug-likeness (QED) is 0.125. The zero-order valence-corrected chi connectivity index (χ0v) is 22.8. The van der Waals surface area contributed by atoms with Crippen LogP contribution in [0.3, 0.4) is 0 Å². The van der Waals surface area contributed by atoms with Gasteiger partial charge in [-0.25, -0.2) is 0 Å². The normalized spacial score (nSPS) is 11.8. The molecule has 0 fully saturated rings. The maximum absolute atomic E-state index is 6.39. The third-order valence-electron chi connectivity index (χ3n) is 6.34. The van der Waals surface area contributed by atoms with Gasteiger partial charge in [0.1, 0.15) is 36.2 Å². The molecular formula is C34H36O5. The highest BCUT2D eigenvalue weighted by Crippen LogP contribution is 2.37. The fourth-order valence-electron chi connectivity index (χ4n) is 4.35. The SMILES string of the molecule is C/C=C\[C@H](Cc1ccc(OCc2ccccc2)cc1OCc1ccccc1)c1ccc(OC)cc1OCOC. The maximum Gasteiger partial charge on any atom is 0.188 e. The summed E-state index contributed by atoms with van der Waals surface area (Å²) in [5.74, 6) is 3.07. The highest BCUT2D eigenvalue weighted by molar-refractivity contribution is 5.47. The molecule has 4 rings (SSSR count). The first-order valence-electron chi connectivity index (χ1n) is 13.1. The highest BCUT2D eigenvalue weighted by atomic mass is 16.7. The molecule has 0 aromatic heterocycles. The topological polar surface area (TPSA) is 46.2 Å². The van der Waals surface area contributed by atoms with Crippen molar-refractivity contribution in [1.29, 1.82) is 0 Å². The molecule has 4 aromatic carbocycles. The summed E-state index contributed by atoms with van der Waals surface area (Å²) in [5.41, 5.74) is 4.35. The van der Waals surface area contributed by atoms with Crippen molar-refractivity contribution >= 4 is 0 Å². The summed E-state index contributed by atoms with van der Waals surface area (Å²) in [4.78, 5) is 0. The molecule has 4 aromatic rings. The molecule has 5 heteroatoms. The van der Waals surface area contributed by atoms with Gasteiger partial charge >= 0.3 is 0 Å². The molecule has 202 valence electrons. The van der Waals surface area contributed by atoms with Crippen molar-refractivity contribution in [2.45, 2.75) is 32.5 Å². The Balaban J connectivity index is 1.62. The second-order valence-electron chi connectivity index (χ2n) is 9.11.